The predicted octanol–water partition coefficient (Wildman–Crippen LogP) is 11.8. The van der Waals surface area contributed by atoms with Gasteiger partial charge in [-0.15, -0.1) is 0 Å². The van der Waals surface area contributed by atoms with Crippen molar-refractivity contribution < 1.29 is 76.1 Å². The molecule has 0 fully saturated rings. The third-order valence-electron chi connectivity index (χ3n) is 9.82. The lowest BCUT2D eigenvalue weighted by molar-refractivity contribution is -0.138. The number of methoxy groups -OCH3 is 1. The Morgan fingerprint density at radius 1 is 0.456 bits per heavy atom. The zero-order valence-electron chi connectivity index (χ0n) is 45.7. The number of unbranched alkanes of at least 4 members (excludes halogenated alkanes) is 4. The molecule has 0 N–H and O–H groups in total. The number of allylic oxidation sites excluding steroid dienone is 6. The van der Waals surface area contributed by atoms with E-state index in [0.29, 0.717) is 89.3 Å². The van der Waals surface area contributed by atoms with Gasteiger partial charge >= 0.3 is 35.8 Å². The summed E-state index contributed by atoms with van der Waals surface area (Å²) in [4.78, 5) is 72.8. The average Bonchev–Trinajstić information content (AvgIpc) is 3.46. The monoisotopic (exact) mass is 1090 g/mol. The first kappa shape index (κ1) is 68.0. The standard InChI is InChI=1S/C38H39NO10.2C12H18O3/c1-4-35(40)47-24-8-6-22-45-30-15-10-28(11-16-30)14-21-37(42)49-32-19-20-34(33(26-32)38(43)44-3)39-27-29-12-17-31(18-13-29)46-23-7-9-25-48-36(41)5-2;2*1-4-8-11(3)14-9-6-7-10-15-12(13)5-2/h4-5,10-21,26-27H,1-2,6-9,22-25H2,3H3;2*4-5,8H,1-2,6-7,9-10H2,3H3/b21-14+,39-27?;2*11-8+. The van der Waals surface area contributed by atoms with Gasteiger partial charge in [-0.3, -0.25) is 4.99 Å². The van der Waals surface area contributed by atoms with Crippen LogP contribution in [0, 0.1) is 0 Å². The van der Waals surface area contributed by atoms with Crippen molar-refractivity contribution in [2.45, 2.75) is 65.2 Å². The molecular formula is C62H75NO16. The molecule has 0 aliphatic carbocycles. The fourth-order valence-corrected chi connectivity index (χ4v) is 5.77. The number of aliphatic imine (C=N–C) groups is 1. The largest absolute Gasteiger partial charge is 0.498 e. The summed E-state index contributed by atoms with van der Waals surface area (Å²) in [7, 11) is 1.25. The lowest BCUT2D eigenvalue weighted by Crippen LogP contribution is -2.06. The van der Waals surface area contributed by atoms with Gasteiger partial charge in [-0.2, -0.15) is 0 Å². The van der Waals surface area contributed by atoms with E-state index >= 15 is 0 Å². The first-order valence-corrected chi connectivity index (χ1v) is 25.3. The number of carbonyl (C=O) groups excluding carboxylic acids is 6. The van der Waals surface area contributed by atoms with E-state index in [0.717, 1.165) is 79.1 Å². The van der Waals surface area contributed by atoms with Crippen LogP contribution in [0.4, 0.5) is 5.69 Å². The predicted molar refractivity (Wildman–Crippen MR) is 305 cm³/mol. The molecule has 0 saturated carbocycles. The van der Waals surface area contributed by atoms with Crippen LogP contribution in [-0.4, -0.2) is 102 Å². The summed E-state index contributed by atoms with van der Waals surface area (Å²) in [6, 6.07) is 18.9. The minimum Gasteiger partial charge on any atom is -0.498 e. The Kier molecular flexibility index (Phi) is 38.0. The smallest absolute Gasteiger partial charge is 0.340 e. The average molecular weight is 1090 g/mol. The van der Waals surface area contributed by atoms with Gasteiger partial charge in [0.05, 0.1) is 82.7 Å². The molecule has 79 heavy (non-hydrogen) atoms. The first-order chi connectivity index (χ1) is 38.2. The molecule has 0 aromatic heterocycles. The quantitative estimate of drug-likeness (QED) is 0.00775. The van der Waals surface area contributed by atoms with Crippen molar-refractivity contribution in [2.24, 2.45) is 4.99 Å². The van der Waals surface area contributed by atoms with Crippen LogP contribution in [0.25, 0.3) is 6.08 Å². The van der Waals surface area contributed by atoms with Crippen LogP contribution in [0.1, 0.15) is 86.7 Å². The van der Waals surface area contributed by atoms with E-state index in [1.165, 1.54) is 25.3 Å². The van der Waals surface area contributed by atoms with Gasteiger partial charge in [-0.05, 0) is 149 Å². The van der Waals surface area contributed by atoms with Crippen molar-refractivity contribution >= 4 is 53.8 Å². The number of esters is 6. The van der Waals surface area contributed by atoms with E-state index in [4.69, 9.17) is 47.4 Å². The molecule has 3 aromatic carbocycles. The zero-order valence-corrected chi connectivity index (χ0v) is 45.7. The molecule has 17 heteroatoms. The van der Waals surface area contributed by atoms with Gasteiger partial charge in [0.1, 0.15) is 17.2 Å². The molecule has 424 valence electrons. The fraction of sp³-hybridized carbons (Fsp3) is 0.306. The Labute approximate surface area is 464 Å². The Balaban J connectivity index is 0.000000844. The van der Waals surface area contributed by atoms with Gasteiger partial charge in [0, 0.05) is 36.6 Å². The second-order valence-electron chi connectivity index (χ2n) is 16.1. The van der Waals surface area contributed by atoms with Crippen LogP contribution in [-0.2, 0) is 57.1 Å². The molecule has 0 unspecified atom stereocenters. The van der Waals surface area contributed by atoms with E-state index < -0.39 is 23.9 Å². The van der Waals surface area contributed by atoms with Crippen molar-refractivity contribution in [3.8, 4) is 17.2 Å². The number of carbonyl (C=O) groups is 6. The van der Waals surface area contributed by atoms with Gasteiger partial charge in [0.25, 0.3) is 0 Å². The summed E-state index contributed by atoms with van der Waals surface area (Å²) in [6.45, 7) is 27.8. The molecule has 0 spiro atoms. The van der Waals surface area contributed by atoms with Crippen molar-refractivity contribution in [2.75, 3.05) is 60.0 Å². The van der Waals surface area contributed by atoms with Crippen LogP contribution in [0.3, 0.4) is 0 Å². The summed E-state index contributed by atoms with van der Waals surface area (Å²) in [5.74, 6) is 0.265. The fourth-order valence-electron chi connectivity index (χ4n) is 5.77. The number of hydrogen-bond donors (Lipinski definition) is 0. The summed E-state index contributed by atoms with van der Waals surface area (Å²) in [6.07, 6.45) is 22.1. The zero-order chi connectivity index (χ0) is 58.3. The summed E-state index contributed by atoms with van der Waals surface area (Å²) in [5.41, 5.74) is 1.98. The van der Waals surface area contributed by atoms with Crippen molar-refractivity contribution in [1.29, 1.82) is 0 Å². The molecule has 0 bridgehead atoms. The highest BCUT2D eigenvalue weighted by molar-refractivity contribution is 5.97. The normalized spacial score (nSPS) is 10.7. The number of rotatable bonds is 36. The van der Waals surface area contributed by atoms with Crippen molar-refractivity contribution in [3.05, 3.63) is 189 Å². The molecule has 0 saturated heterocycles. The Hall–Kier alpha value is -8.99. The molecule has 3 rings (SSSR count). The Morgan fingerprint density at radius 3 is 1.20 bits per heavy atom. The van der Waals surface area contributed by atoms with Crippen molar-refractivity contribution in [3.63, 3.8) is 0 Å². The van der Waals surface area contributed by atoms with Gasteiger partial charge in [0.2, 0.25) is 0 Å². The molecule has 0 amide bonds. The molecule has 0 radical (unpaired) electrons. The van der Waals surface area contributed by atoms with Crippen LogP contribution < -0.4 is 14.2 Å². The van der Waals surface area contributed by atoms with Gasteiger partial charge < -0.3 is 47.4 Å². The Bertz CT molecular complexity index is 2470. The highest BCUT2D eigenvalue weighted by Crippen LogP contribution is 2.26. The van der Waals surface area contributed by atoms with Crippen molar-refractivity contribution in [1.82, 2.24) is 0 Å². The number of benzene rings is 3. The number of ether oxygens (including phenoxy) is 10. The molecule has 0 heterocycles. The van der Waals surface area contributed by atoms with E-state index in [1.54, 1.807) is 79.1 Å². The molecule has 17 nitrogen and oxygen atoms in total. The minimum absolute atomic E-state index is 0.125. The SMILES string of the molecule is C=C/C=C(\C)OCCCCOC(=O)C=C.C=C/C=C(\C)OCCCCOC(=O)C=C.C=CC(=O)OCCCCOc1ccc(C=Nc2ccc(OC(=O)/C=C/c3ccc(OCCCCOC(=O)C=C)cc3)cc2C(=O)OC)cc1. The summed E-state index contributed by atoms with van der Waals surface area (Å²) >= 11 is 0. The van der Waals surface area contributed by atoms with E-state index in [2.05, 4.69) is 44.5 Å². The second-order valence-corrected chi connectivity index (χ2v) is 16.1. The molecular weight excluding hydrogens is 1010 g/mol. The topological polar surface area (TPSA) is 207 Å². The van der Waals surface area contributed by atoms with Gasteiger partial charge in [-0.25, -0.2) is 28.8 Å². The van der Waals surface area contributed by atoms with Gasteiger partial charge in [0.15, 0.2) is 0 Å². The molecule has 0 aliphatic heterocycles. The molecule has 0 aliphatic rings. The number of nitrogens with zero attached hydrogens (tertiary/aromatic N) is 1. The Morgan fingerprint density at radius 2 is 0.823 bits per heavy atom. The van der Waals surface area contributed by atoms with E-state index in [9.17, 15) is 28.8 Å². The lowest BCUT2D eigenvalue weighted by atomic mass is 10.1. The van der Waals surface area contributed by atoms with Crippen LogP contribution in [0.5, 0.6) is 17.2 Å². The van der Waals surface area contributed by atoms with Crippen LogP contribution in [0.2, 0.25) is 0 Å². The third-order valence-corrected chi connectivity index (χ3v) is 9.82. The van der Waals surface area contributed by atoms with Gasteiger partial charge in [-0.1, -0.05) is 63.8 Å². The number of hydrogen-bond acceptors (Lipinski definition) is 17. The van der Waals surface area contributed by atoms with Crippen LogP contribution in [0.15, 0.2) is 177 Å². The van der Waals surface area contributed by atoms with Crippen LogP contribution >= 0.6 is 0 Å². The highest BCUT2D eigenvalue weighted by Gasteiger charge is 2.14. The maximum absolute atomic E-state index is 12.5. The van der Waals surface area contributed by atoms with E-state index in [-0.39, 0.29) is 23.3 Å². The summed E-state index contributed by atoms with van der Waals surface area (Å²) in [5, 5.41) is 0. The first-order valence-electron chi connectivity index (χ1n) is 25.3. The third kappa shape index (κ3) is 35.1. The molecule has 3 aromatic rings. The molecule has 0 atom stereocenters. The second kappa shape index (κ2) is 44.2. The maximum Gasteiger partial charge on any atom is 0.340 e. The summed E-state index contributed by atoms with van der Waals surface area (Å²) < 4.78 is 51.9. The lowest BCUT2D eigenvalue weighted by Gasteiger charge is -2.08. The van der Waals surface area contributed by atoms with E-state index in [1.807, 2.05) is 26.0 Å². The highest BCUT2D eigenvalue weighted by atomic mass is 16.6. The minimum atomic E-state index is -0.637. The maximum atomic E-state index is 12.5.